The predicted molar refractivity (Wildman–Crippen MR) is 91.6 cm³/mol. The second-order valence-electron chi connectivity index (χ2n) is 7.52. The first-order valence-corrected chi connectivity index (χ1v) is 10.9. The molecule has 0 saturated carbocycles. The summed E-state index contributed by atoms with van der Waals surface area (Å²) in [4.78, 5) is 11.0. The molecule has 1 aliphatic rings. The summed E-state index contributed by atoms with van der Waals surface area (Å²) in [5.41, 5.74) is 0. The van der Waals surface area contributed by atoms with Crippen LogP contribution in [0.3, 0.4) is 0 Å². The highest BCUT2D eigenvalue weighted by atomic mass is 28.4. The monoisotopic (exact) mass is 306 g/mol. The molecule has 0 fully saturated rings. The highest BCUT2D eigenvalue weighted by molar-refractivity contribution is 6.74. The van der Waals surface area contributed by atoms with Gasteiger partial charge in [-0.1, -0.05) is 38.8 Å². The van der Waals surface area contributed by atoms with Gasteiger partial charge in [0, 0.05) is 13.3 Å². The molecular formula is C18H30O2Si. The zero-order chi connectivity index (χ0) is 16.1. The van der Waals surface area contributed by atoms with Gasteiger partial charge in [0.1, 0.15) is 0 Å². The molecule has 21 heavy (non-hydrogen) atoms. The van der Waals surface area contributed by atoms with Crippen molar-refractivity contribution in [3.8, 4) is 11.8 Å². The molecule has 0 aliphatic heterocycles. The van der Waals surface area contributed by atoms with Crippen molar-refractivity contribution in [3.63, 3.8) is 0 Å². The maximum Gasteiger partial charge on any atom is 0.202 e. The van der Waals surface area contributed by atoms with Crippen LogP contribution in [-0.4, -0.2) is 20.2 Å². The minimum atomic E-state index is -1.81. The Bertz CT molecular complexity index is 446. The average Bonchev–Trinajstić information content (AvgIpc) is 2.36. The number of hydrogen-bond acceptors (Lipinski definition) is 2. The lowest BCUT2D eigenvalue weighted by molar-refractivity contribution is -0.111. The Morgan fingerprint density at radius 3 is 2.52 bits per heavy atom. The Balaban J connectivity index is 2.84. The number of carbonyl (C=O) groups is 1. The van der Waals surface area contributed by atoms with Gasteiger partial charge in [0.05, 0.1) is 6.10 Å². The van der Waals surface area contributed by atoms with Crippen molar-refractivity contribution in [2.24, 2.45) is 5.92 Å². The van der Waals surface area contributed by atoms with E-state index in [1.165, 1.54) is 6.92 Å². The summed E-state index contributed by atoms with van der Waals surface area (Å²) in [5.74, 6) is 6.17. The third-order valence-electron chi connectivity index (χ3n) is 4.66. The first-order chi connectivity index (χ1) is 9.63. The molecule has 2 nitrogen and oxygen atoms in total. The quantitative estimate of drug-likeness (QED) is 0.325. The van der Waals surface area contributed by atoms with Crippen LogP contribution in [0.2, 0.25) is 18.1 Å². The minimum Gasteiger partial charge on any atom is -0.413 e. The van der Waals surface area contributed by atoms with E-state index in [1.807, 2.05) is 0 Å². The van der Waals surface area contributed by atoms with Gasteiger partial charge in [0.15, 0.2) is 8.32 Å². The smallest absolute Gasteiger partial charge is 0.202 e. The fourth-order valence-corrected chi connectivity index (χ4v) is 3.68. The Morgan fingerprint density at radius 1 is 1.38 bits per heavy atom. The van der Waals surface area contributed by atoms with Gasteiger partial charge >= 0.3 is 0 Å². The lowest BCUT2D eigenvalue weighted by atomic mass is 9.88. The summed E-state index contributed by atoms with van der Waals surface area (Å²) in [5, 5.41) is 0.198. The molecule has 2 atom stereocenters. The van der Waals surface area contributed by atoms with E-state index < -0.39 is 8.32 Å². The first-order valence-electron chi connectivity index (χ1n) is 7.96. The second kappa shape index (κ2) is 7.42. The molecule has 0 aromatic carbocycles. The average molecular weight is 307 g/mol. The number of ketones is 1. The van der Waals surface area contributed by atoms with Crippen LogP contribution >= 0.6 is 0 Å². The second-order valence-corrected chi connectivity index (χ2v) is 12.3. The molecular weight excluding hydrogens is 276 g/mol. The summed E-state index contributed by atoms with van der Waals surface area (Å²) in [6, 6.07) is 0. The van der Waals surface area contributed by atoms with Crippen LogP contribution in [-0.2, 0) is 9.22 Å². The highest BCUT2D eigenvalue weighted by Crippen LogP contribution is 2.39. The van der Waals surface area contributed by atoms with Gasteiger partial charge in [0.2, 0.25) is 5.78 Å². The van der Waals surface area contributed by atoms with Crippen LogP contribution in [0.4, 0.5) is 0 Å². The lowest BCUT2D eigenvalue weighted by Crippen LogP contribution is -2.45. The molecule has 2 unspecified atom stereocenters. The first kappa shape index (κ1) is 18.2. The van der Waals surface area contributed by atoms with Crippen LogP contribution < -0.4 is 0 Å². The molecule has 0 spiro atoms. The number of allylic oxidation sites excluding steroid dienone is 2. The zero-order valence-electron chi connectivity index (χ0n) is 14.5. The van der Waals surface area contributed by atoms with Crippen LogP contribution in [0.25, 0.3) is 0 Å². The Labute approximate surface area is 131 Å². The molecule has 0 heterocycles. The Kier molecular flexibility index (Phi) is 6.43. The van der Waals surface area contributed by atoms with Gasteiger partial charge in [-0.05, 0) is 49.2 Å². The zero-order valence-corrected chi connectivity index (χ0v) is 15.5. The third kappa shape index (κ3) is 5.80. The molecule has 0 N–H and O–H groups in total. The summed E-state index contributed by atoms with van der Waals surface area (Å²) in [6.45, 7) is 12.9. The van der Waals surface area contributed by atoms with Crippen molar-refractivity contribution in [1.82, 2.24) is 0 Å². The van der Waals surface area contributed by atoms with E-state index >= 15 is 0 Å². The van der Waals surface area contributed by atoms with Crippen molar-refractivity contribution in [2.45, 2.75) is 77.6 Å². The van der Waals surface area contributed by atoms with Crippen molar-refractivity contribution in [2.75, 3.05) is 0 Å². The molecule has 0 saturated heterocycles. The summed E-state index contributed by atoms with van der Waals surface area (Å²) in [6.07, 6.45) is 8.70. The van der Waals surface area contributed by atoms with Crippen molar-refractivity contribution in [3.05, 3.63) is 12.2 Å². The van der Waals surface area contributed by atoms with Crippen LogP contribution in [0.5, 0.6) is 0 Å². The lowest BCUT2D eigenvalue weighted by Gasteiger charge is -2.41. The molecule has 0 aromatic rings. The maximum atomic E-state index is 11.0. The number of rotatable bonds is 4. The van der Waals surface area contributed by atoms with Gasteiger partial charge in [0.25, 0.3) is 0 Å². The summed E-state index contributed by atoms with van der Waals surface area (Å²) in [7, 11) is -1.81. The van der Waals surface area contributed by atoms with Gasteiger partial charge in [-0.2, -0.15) is 0 Å². The normalized spacial score (nSPS) is 20.6. The van der Waals surface area contributed by atoms with E-state index in [1.54, 1.807) is 0 Å². The maximum absolute atomic E-state index is 11.0. The molecule has 1 aliphatic carbocycles. The molecule has 118 valence electrons. The predicted octanol–water partition coefficient (Wildman–Crippen LogP) is 4.72. The van der Waals surface area contributed by atoms with E-state index in [0.717, 1.165) is 19.3 Å². The number of Topliss-reactive ketones (excluding diaryl/α,β-unsaturated/α-hetero) is 1. The third-order valence-corrected chi connectivity index (χ3v) is 9.16. The van der Waals surface area contributed by atoms with E-state index in [9.17, 15) is 4.79 Å². The van der Waals surface area contributed by atoms with Crippen molar-refractivity contribution in [1.29, 1.82) is 0 Å². The number of hydrogen-bond donors (Lipinski definition) is 0. The Morgan fingerprint density at radius 2 is 2.05 bits per heavy atom. The standard InChI is InChI=1S/C18H30O2Si/c1-15(19)11-10-14-17(16-12-8-7-9-13-16)20-21(5,6)18(2,3)4/h7-8,16-17H,9,12-14H2,1-6H3. The molecule has 0 radical (unpaired) electrons. The topological polar surface area (TPSA) is 26.3 Å². The fourth-order valence-electron chi connectivity index (χ4n) is 2.29. The molecule has 1 rings (SSSR count). The van der Waals surface area contributed by atoms with Crippen molar-refractivity contribution >= 4 is 14.1 Å². The highest BCUT2D eigenvalue weighted by Gasteiger charge is 2.40. The summed E-state index contributed by atoms with van der Waals surface area (Å²) >= 11 is 0. The van der Waals surface area contributed by atoms with Crippen LogP contribution in [0.1, 0.15) is 53.4 Å². The van der Waals surface area contributed by atoms with E-state index in [2.05, 4.69) is 57.9 Å². The van der Waals surface area contributed by atoms with E-state index in [-0.39, 0.29) is 16.9 Å². The molecule has 0 aromatic heterocycles. The SMILES string of the molecule is CC(=O)C#CCC(O[Si](C)(C)C(C)(C)C)C1CC=CCC1. The van der Waals surface area contributed by atoms with Crippen LogP contribution in [0.15, 0.2) is 12.2 Å². The van der Waals surface area contributed by atoms with Crippen LogP contribution in [0, 0.1) is 17.8 Å². The Hall–Kier alpha value is -0.853. The largest absolute Gasteiger partial charge is 0.413 e. The molecule has 0 bridgehead atoms. The molecule has 3 heteroatoms. The summed E-state index contributed by atoms with van der Waals surface area (Å²) < 4.78 is 6.61. The molecule has 0 amide bonds. The van der Waals surface area contributed by atoms with E-state index in [0.29, 0.717) is 12.3 Å². The van der Waals surface area contributed by atoms with E-state index in [4.69, 9.17) is 4.43 Å². The van der Waals surface area contributed by atoms with Gasteiger partial charge < -0.3 is 4.43 Å². The van der Waals surface area contributed by atoms with Gasteiger partial charge in [-0.3, -0.25) is 4.79 Å². The number of carbonyl (C=O) groups excluding carboxylic acids is 1. The van der Waals surface area contributed by atoms with Gasteiger partial charge in [-0.15, -0.1) is 0 Å². The minimum absolute atomic E-state index is 0.0652. The fraction of sp³-hybridized carbons (Fsp3) is 0.722. The van der Waals surface area contributed by atoms with Crippen molar-refractivity contribution < 1.29 is 9.22 Å². The van der Waals surface area contributed by atoms with Gasteiger partial charge in [-0.25, -0.2) is 0 Å².